The lowest BCUT2D eigenvalue weighted by atomic mass is 10.2. The van der Waals surface area contributed by atoms with E-state index in [0.29, 0.717) is 5.56 Å². The van der Waals surface area contributed by atoms with Gasteiger partial charge in [0.05, 0.1) is 4.92 Å². The second kappa shape index (κ2) is 5.39. The van der Waals surface area contributed by atoms with Gasteiger partial charge in [0, 0.05) is 36.6 Å². The van der Waals surface area contributed by atoms with Crippen LogP contribution in [0.3, 0.4) is 0 Å². The first-order valence-corrected chi connectivity index (χ1v) is 5.78. The molecule has 0 fully saturated rings. The van der Waals surface area contributed by atoms with Gasteiger partial charge in [-0.3, -0.25) is 14.9 Å². The van der Waals surface area contributed by atoms with Gasteiger partial charge in [-0.2, -0.15) is 13.2 Å². The zero-order valence-electron chi connectivity index (χ0n) is 10.5. The molecule has 110 valence electrons. The molecule has 2 rings (SSSR count). The minimum Gasteiger partial charge on any atom is -0.349 e. The molecule has 1 aromatic heterocycles. The Hall–Kier alpha value is -2.64. The fourth-order valence-electron chi connectivity index (χ4n) is 1.77. The summed E-state index contributed by atoms with van der Waals surface area (Å²) in [7, 11) is 0. The van der Waals surface area contributed by atoms with Crippen molar-refractivity contribution in [3.05, 3.63) is 64.0 Å². The summed E-state index contributed by atoms with van der Waals surface area (Å²) in [5.41, 5.74) is 0.158. The molecule has 0 amide bonds. The van der Waals surface area contributed by atoms with E-state index in [1.807, 2.05) is 0 Å². The molecule has 1 heterocycles. The number of hydrogen-bond donors (Lipinski definition) is 0. The van der Waals surface area contributed by atoms with Crippen LogP contribution in [-0.4, -0.2) is 21.4 Å². The van der Waals surface area contributed by atoms with Crippen molar-refractivity contribution in [1.82, 2.24) is 4.57 Å². The second-order valence-electron chi connectivity index (χ2n) is 4.32. The Balaban J connectivity index is 2.12. The molecule has 8 heteroatoms. The topological polar surface area (TPSA) is 65.1 Å². The Morgan fingerprint density at radius 1 is 1.19 bits per heavy atom. The van der Waals surface area contributed by atoms with E-state index in [2.05, 4.69) is 0 Å². The Bertz CT molecular complexity index is 675. The molecule has 0 aliphatic carbocycles. The van der Waals surface area contributed by atoms with Crippen molar-refractivity contribution in [3.63, 3.8) is 0 Å². The summed E-state index contributed by atoms with van der Waals surface area (Å²) in [6.45, 7) is 0.211. The fourth-order valence-corrected chi connectivity index (χ4v) is 1.77. The molecule has 0 radical (unpaired) electrons. The van der Waals surface area contributed by atoms with Crippen LogP contribution in [-0.2, 0) is 6.54 Å². The van der Waals surface area contributed by atoms with E-state index in [0.717, 1.165) is 12.3 Å². The number of halogens is 3. The quantitative estimate of drug-likeness (QED) is 0.494. The highest BCUT2D eigenvalue weighted by molar-refractivity contribution is 6.00. The zero-order chi connectivity index (χ0) is 15.6. The van der Waals surface area contributed by atoms with Crippen LogP contribution in [0, 0.1) is 10.1 Å². The van der Waals surface area contributed by atoms with Gasteiger partial charge in [0.15, 0.2) is 0 Å². The lowest BCUT2D eigenvalue weighted by Gasteiger charge is -2.04. The second-order valence-corrected chi connectivity index (χ2v) is 4.32. The van der Waals surface area contributed by atoms with E-state index in [4.69, 9.17) is 0 Å². The first-order chi connectivity index (χ1) is 9.77. The van der Waals surface area contributed by atoms with Crippen LogP contribution >= 0.6 is 0 Å². The minimum atomic E-state index is -4.90. The number of nitro groups is 1. The largest absolute Gasteiger partial charge is 0.454 e. The van der Waals surface area contributed by atoms with Crippen molar-refractivity contribution in [2.45, 2.75) is 12.7 Å². The van der Waals surface area contributed by atoms with Crippen molar-refractivity contribution >= 4 is 11.5 Å². The first-order valence-electron chi connectivity index (χ1n) is 5.78. The summed E-state index contributed by atoms with van der Waals surface area (Å²) >= 11 is 0. The number of Topliss-reactive ketones (excluding diaryl/α,β-unsaturated/α-hetero) is 1. The van der Waals surface area contributed by atoms with E-state index in [1.54, 1.807) is 0 Å². The third-order valence-corrected chi connectivity index (χ3v) is 2.78. The predicted molar refractivity (Wildman–Crippen MR) is 67.0 cm³/mol. The van der Waals surface area contributed by atoms with Crippen molar-refractivity contribution in [1.29, 1.82) is 0 Å². The Kier molecular flexibility index (Phi) is 3.79. The minimum absolute atomic E-state index is 0.0702. The van der Waals surface area contributed by atoms with Gasteiger partial charge in [-0.15, -0.1) is 0 Å². The molecule has 0 aliphatic heterocycles. The highest BCUT2D eigenvalue weighted by Gasteiger charge is 2.39. The van der Waals surface area contributed by atoms with Gasteiger partial charge < -0.3 is 4.57 Å². The maximum atomic E-state index is 12.3. The number of benzene rings is 1. The molecular formula is C13H9F3N2O3. The number of alkyl halides is 3. The number of carbonyl (C=O) groups excluding carboxylic acids is 1. The summed E-state index contributed by atoms with van der Waals surface area (Å²) in [5, 5.41) is 10.5. The first kappa shape index (κ1) is 14.8. The highest BCUT2D eigenvalue weighted by atomic mass is 19.4. The van der Waals surface area contributed by atoms with Gasteiger partial charge in [0.25, 0.3) is 11.5 Å². The zero-order valence-corrected chi connectivity index (χ0v) is 10.5. The Labute approximate surface area is 116 Å². The number of carbonyl (C=O) groups is 1. The maximum Gasteiger partial charge on any atom is 0.454 e. The third-order valence-electron chi connectivity index (χ3n) is 2.78. The Morgan fingerprint density at radius 2 is 1.81 bits per heavy atom. The summed E-state index contributed by atoms with van der Waals surface area (Å²) in [6, 6.07) is 6.70. The van der Waals surface area contributed by atoms with Gasteiger partial charge in [-0.05, 0) is 11.6 Å². The molecule has 0 aliphatic rings. The standard InChI is InChI=1S/C13H9F3N2O3/c14-13(15,16)12(19)10-5-6-17(8-10)7-9-1-3-11(4-2-9)18(20)21/h1-6,8H,7H2. The Morgan fingerprint density at radius 3 is 2.33 bits per heavy atom. The number of ketones is 1. The normalized spacial score (nSPS) is 11.4. The van der Waals surface area contributed by atoms with Gasteiger partial charge in [0.1, 0.15) is 0 Å². The van der Waals surface area contributed by atoms with Crippen LogP contribution in [0.15, 0.2) is 42.7 Å². The molecule has 1 aromatic carbocycles. The fraction of sp³-hybridized carbons (Fsp3) is 0.154. The number of nitrogens with zero attached hydrogens (tertiary/aromatic N) is 2. The smallest absolute Gasteiger partial charge is 0.349 e. The third kappa shape index (κ3) is 3.47. The van der Waals surface area contributed by atoms with Crippen LogP contribution < -0.4 is 0 Å². The molecule has 0 unspecified atom stereocenters. The summed E-state index contributed by atoms with van der Waals surface area (Å²) in [5.74, 6) is -1.90. The average molecular weight is 298 g/mol. The molecular weight excluding hydrogens is 289 g/mol. The number of aromatic nitrogens is 1. The van der Waals surface area contributed by atoms with E-state index in [9.17, 15) is 28.1 Å². The predicted octanol–water partition coefficient (Wildman–Crippen LogP) is 3.19. The van der Waals surface area contributed by atoms with Crippen LogP contribution in [0.25, 0.3) is 0 Å². The van der Waals surface area contributed by atoms with Gasteiger partial charge >= 0.3 is 6.18 Å². The van der Waals surface area contributed by atoms with Gasteiger partial charge in [-0.1, -0.05) is 12.1 Å². The number of rotatable bonds is 4. The molecule has 0 N–H and O–H groups in total. The van der Waals surface area contributed by atoms with E-state index in [1.165, 1.54) is 35.0 Å². The van der Waals surface area contributed by atoms with Crippen LogP contribution in [0.5, 0.6) is 0 Å². The van der Waals surface area contributed by atoms with E-state index < -0.39 is 22.4 Å². The van der Waals surface area contributed by atoms with Crippen LogP contribution in [0.2, 0.25) is 0 Å². The average Bonchev–Trinajstić information content (AvgIpc) is 2.85. The number of nitro benzene ring substituents is 1. The van der Waals surface area contributed by atoms with Crippen molar-refractivity contribution in [2.24, 2.45) is 0 Å². The molecule has 0 saturated carbocycles. The summed E-state index contributed by atoms with van der Waals surface area (Å²) < 4.78 is 38.2. The monoisotopic (exact) mass is 298 g/mol. The van der Waals surface area contributed by atoms with Crippen molar-refractivity contribution in [3.8, 4) is 0 Å². The summed E-state index contributed by atoms with van der Waals surface area (Å²) in [6.07, 6.45) is -2.46. The van der Waals surface area contributed by atoms with Gasteiger partial charge in [-0.25, -0.2) is 0 Å². The van der Waals surface area contributed by atoms with Crippen LogP contribution in [0.1, 0.15) is 15.9 Å². The molecule has 0 spiro atoms. The van der Waals surface area contributed by atoms with E-state index >= 15 is 0 Å². The van der Waals surface area contributed by atoms with Crippen LogP contribution in [0.4, 0.5) is 18.9 Å². The molecule has 21 heavy (non-hydrogen) atoms. The number of non-ortho nitro benzene ring substituents is 1. The highest BCUT2D eigenvalue weighted by Crippen LogP contribution is 2.22. The summed E-state index contributed by atoms with van der Waals surface area (Å²) in [4.78, 5) is 21.0. The lowest BCUT2D eigenvalue weighted by molar-refractivity contribution is -0.384. The maximum absolute atomic E-state index is 12.3. The lowest BCUT2D eigenvalue weighted by Crippen LogP contribution is -2.22. The molecule has 0 saturated heterocycles. The SMILES string of the molecule is O=C(c1ccn(Cc2ccc([N+](=O)[O-])cc2)c1)C(F)(F)F. The van der Waals surface area contributed by atoms with Gasteiger partial charge in [0.2, 0.25) is 0 Å². The molecule has 0 atom stereocenters. The molecule has 5 nitrogen and oxygen atoms in total. The molecule has 2 aromatic rings. The van der Waals surface area contributed by atoms with E-state index in [-0.39, 0.29) is 12.2 Å². The number of hydrogen-bond acceptors (Lipinski definition) is 3. The van der Waals surface area contributed by atoms with Crippen molar-refractivity contribution < 1.29 is 22.9 Å². The molecule has 0 bridgehead atoms. The van der Waals surface area contributed by atoms with Crippen molar-refractivity contribution in [2.75, 3.05) is 0 Å².